The molecule has 1 aliphatic heterocycles. The second-order valence-electron chi connectivity index (χ2n) is 5.92. The van der Waals surface area contributed by atoms with Crippen LogP contribution in [0.25, 0.3) is 0 Å². The highest BCUT2D eigenvalue weighted by Crippen LogP contribution is 2.34. The fourth-order valence-electron chi connectivity index (χ4n) is 1.93. The fourth-order valence-corrected chi connectivity index (χ4v) is 1.93. The van der Waals surface area contributed by atoms with E-state index in [2.05, 4.69) is 16.0 Å². The van der Waals surface area contributed by atoms with E-state index in [1.807, 2.05) is 20.8 Å². The summed E-state index contributed by atoms with van der Waals surface area (Å²) in [6.45, 7) is 5.79. The highest BCUT2D eigenvalue weighted by atomic mass is 16.5. The third-order valence-electron chi connectivity index (χ3n) is 2.74. The smallest absolute Gasteiger partial charge is 0.262 e. The highest BCUT2D eigenvalue weighted by Gasteiger charge is 2.18. The van der Waals surface area contributed by atoms with Gasteiger partial charge in [-0.15, -0.1) is 0 Å². The largest absolute Gasteiger partial charge is 0.482 e. The van der Waals surface area contributed by atoms with Crippen molar-refractivity contribution in [3.05, 3.63) is 12.1 Å². The van der Waals surface area contributed by atoms with E-state index in [0.29, 0.717) is 22.8 Å². The Labute approximate surface area is 123 Å². The molecule has 0 aromatic heterocycles. The second kappa shape index (κ2) is 5.51. The minimum atomic E-state index is -0.290. The normalized spacial score (nSPS) is 13.8. The molecule has 0 atom stereocenters. The van der Waals surface area contributed by atoms with Crippen molar-refractivity contribution in [2.45, 2.75) is 26.3 Å². The molecule has 1 aromatic rings. The molecule has 0 fully saturated rings. The maximum Gasteiger partial charge on any atom is 0.262 e. The van der Waals surface area contributed by atoms with Gasteiger partial charge in [-0.3, -0.25) is 9.59 Å². The first-order valence-corrected chi connectivity index (χ1v) is 6.66. The Morgan fingerprint density at radius 1 is 1.43 bits per heavy atom. The first-order chi connectivity index (χ1) is 9.74. The molecule has 7 nitrogen and oxygen atoms in total. The zero-order valence-corrected chi connectivity index (χ0v) is 12.4. The van der Waals surface area contributed by atoms with Crippen LogP contribution in [0.1, 0.15) is 20.8 Å². The maximum atomic E-state index is 11.8. The summed E-state index contributed by atoms with van der Waals surface area (Å²) in [5.41, 5.74) is 7.18. The summed E-state index contributed by atoms with van der Waals surface area (Å²) in [5, 5.41) is 8.49. The number of nitrogens with two attached hydrogens (primary N) is 1. The van der Waals surface area contributed by atoms with Crippen LogP contribution >= 0.6 is 0 Å². The van der Waals surface area contributed by atoms with Crippen LogP contribution in [0.3, 0.4) is 0 Å². The van der Waals surface area contributed by atoms with Crippen LogP contribution in [-0.4, -0.2) is 30.5 Å². The number of carbonyl (C=O) groups excluding carboxylic acids is 2. The third-order valence-corrected chi connectivity index (χ3v) is 2.74. The van der Waals surface area contributed by atoms with E-state index in [1.165, 1.54) is 0 Å². The number of hydrogen-bond acceptors (Lipinski definition) is 5. The van der Waals surface area contributed by atoms with Crippen molar-refractivity contribution in [1.82, 2.24) is 5.32 Å². The summed E-state index contributed by atoms with van der Waals surface area (Å²) < 4.78 is 5.26. The van der Waals surface area contributed by atoms with E-state index in [1.54, 1.807) is 12.1 Å². The van der Waals surface area contributed by atoms with E-state index in [-0.39, 0.29) is 30.5 Å². The summed E-state index contributed by atoms with van der Waals surface area (Å²) in [6, 6.07) is 3.28. The molecule has 21 heavy (non-hydrogen) atoms. The minimum Gasteiger partial charge on any atom is -0.482 e. The highest BCUT2D eigenvalue weighted by molar-refractivity contribution is 5.97. The number of hydrogen-bond donors (Lipinski definition) is 4. The molecule has 0 saturated heterocycles. The molecular weight excluding hydrogens is 272 g/mol. The first kappa shape index (κ1) is 15.0. The molecule has 114 valence electrons. The monoisotopic (exact) mass is 292 g/mol. The van der Waals surface area contributed by atoms with Gasteiger partial charge in [-0.2, -0.15) is 0 Å². The van der Waals surface area contributed by atoms with Gasteiger partial charge < -0.3 is 26.4 Å². The standard InChI is InChI=1S/C14H20N4O3/c1-14(2,3)18-12(19)6-16-9-5-10-11(4-8(9)15)21-7-13(20)17-10/h4-5,16H,6-7,15H2,1-3H3,(H,17,20)(H,18,19). The van der Waals surface area contributed by atoms with Crippen LogP contribution < -0.4 is 26.4 Å². The number of anilines is 3. The van der Waals surface area contributed by atoms with Gasteiger partial charge in [-0.05, 0) is 26.8 Å². The molecule has 0 aliphatic carbocycles. The summed E-state index contributed by atoms with van der Waals surface area (Å²) in [4.78, 5) is 23.1. The van der Waals surface area contributed by atoms with E-state index in [4.69, 9.17) is 10.5 Å². The van der Waals surface area contributed by atoms with Gasteiger partial charge in [0.05, 0.1) is 23.6 Å². The van der Waals surface area contributed by atoms with Crippen molar-refractivity contribution in [3.63, 3.8) is 0 Å². The lowest BCUT2D eigenvalue weighted by Gasteiger charge is -2.22. The Balaban J connectivity index is 2.05. The number of nitrogen functional groups attached to an aromatic ring is 1. The lowest BCUT2D eigenvalue weighted by molar-refractivity contribution is -0.121. The average Bonchev–Trinajstić information content (AvgIpc) is 2.34. The SMILES string of the molecule is CC(C)(C)NC(=O)CNc1cc2c(cc1N)OCC(=O)N2. The molecule has 1 aromatic carbocycles. The van der Waals surface area contributed by atoms with Gasteiger partial charge in [0.2, 0.25) is 5.91 Å². The number of rotatable bonds is 3. The number of nitrogens with one attached hydrogen (secondary N) is 3. The predicted octanol–water partition coefficient (Wildman–Crippen LogP) is 0.926. The Morgan fingerprint density at radius 3 is 2.81 bits per heavy atom. The van der Waals surface area contributed by atoms with Crippen LogP contribution in [0.2, 0.25) is 0 Å². The molecular formula is C14H20N4O3. The number of amides is 2. The van der Waals surface area contributed by atoms with E-state index in [9.17, 15) is 9.59 Å². The molecule has 0 saturated carbocycles. The lowest BCUT2D eigenvalue weighted by Crippen LogP contribution is -2.43. The quantitative estimate of drug-likeness (QED) is 0.620. The molecule has 0 radical (unpaired) electrons. The van der Waals surface area contributed by atoms with Crippen LogP contribution in [0.4, 0.5) is 17.1 Å². The zero-order chi connectivity index (χ0) is 15.6. The van der Waals surface area contributed by atoms with Crippen molar-refractivity contribution in [2.24, 2.45) is 0 Å². The van der Waals surface area contributed by atoms with E-state index in [0.717, 1.165) is 0 Å². The molecule has 2 rings (SSSR count). The fraction of sp³-hybridized carbons (Fsp3) is 0.429. The van der Waals surface area contributed by atoms with Gasteiger partial charge in [-0.25, -0.2) is 0 Å². The molecule has 5 N–H and O–H groups in total. The third kappa shape index (κ3) is 4.01. The van der Waals surface area contributed by atoms with Crippen molar-refractivity contribution in [1.29, 1.82) is 0 Å². The van der Waals surface area contributed by atoms with Crippen molar-refractivity contribution in [2.75, 3.05) is 29.5 Å². The maximum absolute atomic E-state index is 11.8. The summed E-state index contributed by atoms with van der Waals surface area (Å²) >= 11 is 0. The topological polar surface area (TPSA) is 105 Å². The van der Waals surface area contributed by atoms with Gasteiger partial charge >= 0.3 is 0 Å². The Kier molecular flexibility index (Phi) is 3.93. The molecule has 2 amide bonds. The number of fused-ring (bicyclic) bond motifs is 1. The zero-order valence-electron chi connectivity index (χ0n) is 12.4. The van der Waals surface area contributed by atoms with Gasteiger partial charge in [0, 0.05) is 11.6 Å². The predicted molar refractivity (Wildman–Crippen MR) is 81.4 cm³/mol. The number of ether oxygens (including phenoxy) is 1. The van der Waals surface area contributed by atoms with Crippen LogP contribution in [0.15, 0.2) is 12.1 Å². The van der Waals surface area contributed by atoms with Gasteiger partial charge in [0.15, 0.2) is 6.61 Å². The number of carbonyl (C=O) groups is 2. The Bertz CT molecular complexity index is 578. The molecule has 0 spiro atoms. The molecule has 7 heteroatoms. The Morgan fingerprint density at radius 2 is 2.14 bits per heavy atom. The summed E-state index contributed by atoms with van der Waals surface area (Å²) in [6.07, 6.45) is 0. The minimum absolute atomic E-state index is 0.0206. The molecule has 0 bridgehead atoms. The van der Waals surface area contributed by atoms with Crippen LogP contribution in [-0.2, 0) is 9.59 Å². The van der Waals surface area contributed by atoms with E-state index >= 15 is 0 Å². The summed E-state index contributed by atoms with van der Waals surface area (Å²) in [5.74, 6) is 0.167. The molecule has 0 unspecified atom stereocenters. The molecule has 1 aliphatic rings. The van der Waals surface area contributed by atoms with Crippen LogP contribution in [0.5, 0.6) is 5.75 Å². The lowest BCUT2D eigenvalue weighted by atomic mass is 10.1. The Hall–Kier alpha value is -2.44. The van der Waals surface area contributed by atoms with Crippen molar-refractivity contribution < 1.29 is 14.3 Å². The van der Waals surface area contributed by atoms with Gasteiger partial charge in [0.25, 0.3) is 5.91 Å². The van der Waals surface area contributed by atoms with Gasteiger partial charge in [0.1, 0.15) is 5.75 Å². The van der Waals surface area contributed by atoms with Crippen LogP contribution in [0, 0.1) is 0 Å². The average molecular weight is 292 g/mol. The van der Waals surface area contributed by atoms with Crippen molar-refractivity contribution >= 4 is 28.9 Å². The first-order valence-electron chi connectivity index (χ1n) is 6.66. The second-order valence-corrected chi connectivity index (χ2v) is 5.92. The van der Waals surface area contributed by atoms with E-state index < -0.39 is 0 Å². The number of benzene rings is 1. The van der Waals surface area contributed by atoms with Crippen molar-refractivity contribution in [3.8, 4) is 5.75 Å². The summed E-state index contributed by atoms with van der Waals surface area (Å²) in [7, 11) is 0. The molecule has 1 heterocycles. The van der Waals surface area contributed by atoms with Gasteiger partial charge in [-0.1, -0.05) is 0 Å².